The number of nitrogens with zero attached hydrogens (tertiary/aromatic N) is 2. The largest absolute Gasteiger partial charge is 0.496 e. The molecule has 132 valence electrons. The van der Waals surface area contributed by atoms with Gasteiger partial charge in [0.25, 0.3) is 0 Å². The molecule has 0 spiro atoms. The van der Waals surface area contributed by atoms with E-state index in [9.17, 15) is 9.59 Å². The predicted octanol–water partition coefficient (Wildman–Crippen LogP) is 2.33. The summed E-state index contributed by atoms with van der Waals surface area (Å²) in [6.45, 7) is 8.60. The Labute approximate surface area is 144 Å². The molecule has 0 atom stereocenters. The average Bonchev–Trinajstić information content (AvgIpc) is 2.82. The average molecular weight is 332 g/mol. The maximum atomic E-state index is 12.7. The quantitative estimate of drug-likeness (QED) is 0.850. The maximum Gasteiger partial charge on any atom is 0.227 e. The van der Waals surface area contributed by atoms with Crippen molar-refractivity contribution in [1.82, 2.24) is 9.80 Å². The highest BCUT2D eigenvalue weighted by atomic mass is 16.5. The van der Waals surface area contributed by atoms with Gasteiger partial charge in [0, 0.05) is 38.2 Å². The van der Waals surface area contributed by atoms with Crippen LogP contribution in [0.3, 0.4) is 0 Å². The molecule has 1 aromatic rings. The van der Waals surface area contributed by atoms with Crippen molar-refractivity contribution in [3.8, 4) is 5.75 Å². The molecule has 1 aliphatic rings. The second kappa shape index (κ2) is 8.18. The van der Waals surface area contributed by atoms with Crippen LogP contribution in [-0.4, -0.2) is 54.9 Å². The van der Waals surface area contributed by atoms with Crippen LogP contribution in [0.2, 0.25) is 0 Å². The Morgan fingerprint density at radius 2 is 1.67 bits per heavy atom. The highest BCUT2D eigenvalue weighted by Gasteiger charge is 2.22. The van der Waals surface area contributed by atoms with Gasteiger partial charge in [-0.05, 0) is 37.5 Å². The molecule has 0 aliphatic carbocycles. The summed E-state index contributed by atoms with van der Waals surface area (Å²) in [5, 5.41) is 0. The SMILES string of the molecule is CCC(=O)N1CCCN(C(=O)Cc2c(C)cc(C)cc2OC)CC1. The van der Waals surface area contributed by atoms with Crippen LogP contribution >= 0.6 is 0 Å². The second-order valence-electron chi connectivity index (χ2n) is 6.41. The number of hydrogen-bond donors (Lipinski definition) is 0. The van der Waals surface area contributed by atoms with E-state index in [1.807, 2.05) is 36.6 Å². The van der Waals surface area contributed by atoms with Crippen LogP contribution in [0.4, 0.5) is 0 Å². The van der Waals surface area contributed by atoms with Gasteiger partial charge < -0.3 is 14.5 Å². The first-order chi connectivity index (χ1) is 11.5. The number of hydrogen-bond acceptors (Lipinski definition) is 3. The third kappa shape index (κ3) is 4.28. The third-order valence-electron chi connectivity index (χ3n) is 4.63. The number of ether oxygens (including phenoxy) is 1. The first-order valence-corrected chi connectivity index (χ1v) is 8.66. The summed E-state index contributed by atoms with van der Waals surface area (Å²) in [7, 11) is 1.64. The molecule has 1 fully saturated rings. The lowest BCUT2D eigenvalue weighted by atomic mass is 10.0. The number of carbonyl (C=O) groups is 2. The van der Waals surface area contributed by atoms with Crippen molar-refractivity contribution in [2.75, 3.05) is 33.3 Å². The number of aryl methyl sites for hydroxylation is 2. The Morgan fingerprint density at radius 3 is 2.25 bits per heavy atom. The summed E-state index contributed by atoms with van der Waals surface area (Å²) < 4.78 is 5.46. The first-order valence-electron chi connectivity index (χ1n) is 8.66. The number of methoxy groups -OCH3 is 1. The zero-order chi connectivity index (χ0) is 17.7. The van der Waals surface area contributed by atoms with Crippen LogP contribution in [0.1, 0.15) is 36.5 Å². The van der Waals surface area contributed by atoms with Crippen molar-refractivity contribution >= 4 is 11.8 Å². The Hall–Kier alpha value is -2.04. The lowest BCUT2D eigenvalue weighted by Crippen LogP contribution is -2.37. The van der Waals surface area contributed by atoms with E-state index < -0.39 is 0 Å². The molecule has 1 aliphatic heterocycles. The molecule has 2 amide bonds. The van der Waals surface area contributed by atoms with E-state index >= 15 is 0 Å². The van der Waals surface area contributed by atoms with Gasteiger partial charge in [-0.3, -0.25) is 9.59 Å². The van der Waals surface area contributed by atoms with Crippen molar-refractivity contribution in [3.63, 3.8) is 0 Å². The Morgan fingerprint density at radius 1 is 1.04 bits per heavy atom. The molecule has 0 aromatic heterocycles. The van der Waals surface area contributed by atoms with Crippen LogP contribution in [-0.2, 0) is 16.0 Å². The molecule has 24 heavy (non-hydrogen) atoms. The van der Waals surface area contributed by atoms with E-state index in [0.717, 1.165) is 35.4 Å². The van der Waals surface area contributed by atoms with Crippen molar-refractivity contribution in [2.45, 2.75) is 40.0 Å². The fraction of sp³-hybridized carbons (Fsp3) is 0.579. The first kappa shape index (κ1) is 18.3. The van der Waals surface area contributed by atoms with Gasteiger partial charge in [-0.1, -0.05) is 13.0 Å². The minimum absolute atomic E-state index is 0.103. The van der Waals surface area contributed by atoms with Crippen molar-refractivity contribution < 1.29 is 14.3 Å². The van der Waals surface area contributed by atoms with Gasteiger partial charge in [-0.25, -0.2) is 0 Å². The summed E-state index contributed by atoms with van der Waals surface area (Å²) in [5.41, 5.74) is 3.17. The molecule has 5 nitrogen and oxygen atoms in total. The minimum Gasteiger partial charge on any atom is -0.496 e. The minimum atomic E-state index is 0.103. The molecule has 2 rings (SSSR count). The molecule has 0 N–H and O–H groups in total. The van der Waals surface area contributed by atoms with Gasteiger partial charge in [0.15, 0.2) is 0 Å². The smallest absolute Gasteiger partial charge is 0.227 e. The lowest BCUT2D eigenvalue weighted by molar-refractivity contribution is -0.133. The van der Waals surface area contributed by atoms with Crippen LogP contribution in [0.15, 0.2) is 12.1 Å². The van der Waals surface area contributed by atoms with E-state index in [1.54, 1.807) is 7.11 Å². The van der Waals surface area contributed by atoms with Crippen LogP contribution in [0, 0.1) is 13.8 Å². The summed E-state index contributed by atoms with van der Waals surface area (Å²) in [4.78, 5) is 28.3. The molecule has 0 radical (unpaired) electrons. The van der Waals surface area contributed by atoms with Crippen molar-refractivity contribution in [2.24, 2.45) is 0 Å². The molecular weight excluding hydrogens is 304 g/mol. The zero-order valence-corrected chi connectivity index (χ0v) is 15.2. The van der Waals surface area contributed by atoms with Crippen molar-refractivity contribution in [1.29, 1.82) is 0 Å². The molecule has 0 bridgehead atoms. The van der Waals surface area contributed by atoms with Gasteiger partial charge >= 0.3 is 0 Å². The second-order valence-corrected chi connectivity index (χ2v) is 6.41. The molecule has 1 saturated heterocycles. The fourth-order valence-electron chi connectivity index (χ4n) is 3.27. The number of benzene rings is 1. The van der Waals surface area contributed by atoms with E-state index in [-0.39, 0.29) is 11.8 Å². The van der Waals surface area contributed by atoms with E-state index in [2.05, 4.69) is 6.07 Å². The third-order valence-corrected chi connectivity index (χ3v) is 4.63. The predicted molar refractivity (Wildman–Crippen MR) is 94.2 cm³/mol. The molecule has 5 heteroatoms. The topological polar surface area (TPSA) is 49.9 Å². The van der Waals surface area contributed by atoms with Crippen LogP contribution in [0.25, 0.3) is 0 Å². The summed E-state index contributed by atoms with van der Waals surface area (Å²) in [5.74, 6) is 1.05. The monoisotopic (exact) mass is 332 g/mol. The summed E-state index contributed by atoms with van der Waals surface area (Å²) >= 11 is 0. The Bertz CT molecular complexity index is 613. The number of amides is 2. The number of carbonyl (C=O) groups excluding carboxylic acids is 2. The molecule has 1 heterocycles. The Balaban J connectivity index is 2.06. The van der Waals surface area contributed by atoms with Gasteiger partial charge in [0.2, 0.25) is 11.8 Å². The standard InChI is InChI=1S/C19H28N2O3/c1-5-18(22)20-7-6-8-21(10-9-20)19(23)13-16-15(3)11-14(2)12-17(16)24-4/h11-12H,5-10,13H2,1-4H3. The highest BCUT2D eigenvalue weighted by Crippen LogP contribution is 2.25. The van der Waals surface area contributed by atoms with Gasteiger partial charge in [0.05, 0.1) is 13.5 Å². The van der Waals surface area contributed by atoms with E-state index in [1.165, 1.54) is 0 Å². The van der Waals surface area contributed by atoms with Crippen LogP contribution in [0.5, 0.6) is 5.75 Å². The molecule has 1 aromatic carbocycles. The Kier molecular flexibility index (Phi) is 6.23. The highest BCUT2D eigenvalue weighted by molar-refractivity contribution is 5.80. The normalized spacial score (nSPS) is 15.2. The van der Waals surface area contributed by atoms with E-state index in [4.69, 9.17) is 4.74 Å². The lowest BCUT2D eigenvalue weighted by Gasteiger charge is -2.23. The van der Waals surface area contributed by atoms with Gasteiger partial charge in [0.1, 0.15) is 5.75 Å². The zero-order valence-electron chi connectivity index (χ0n) is 15.2. The molecule has 0 unspecified atom stereocenters. The molecular formula is C19H28N2O3. The fourth-order valence-corrected chi connectivity index (χ4v) is 3.27. The van der Waals surface area contributed by atoms with Gasteiger partial charge in [-0.2, -0.15) is 0 Å². The number of rotatable bonds is 4. The van der Waals surface area contributed by atoms with Crippen molar-refractivity contribution in [3.05, 3.63) is 28.8 Å². The summed E-state index contributed by atoms with van der Waals surface area (Å²) in [6, 6.07) is 4.05. The van der Waals surface area contributed by atoms with E-state index in [0.29, 0.717) is 32.5 Å². The maximum absolute atomic E-state index is 12.7. The van der Waals surface area contributed by atoms with Crippen LogP contribution < -0.4 is 4.74 Å². The molecule has 0 saturated carbocycles. The van der Waals surface area contributed by atoms with Gasteiger partial charge in [-0.15, -0.1) is 0 Å². The summed E-state index contributed by atoms with van der Waals surface area (Å²) in [6.07, 6.45) is 1.70.